The molecule has 1 aromatic rings. The van der Waals surface area contributed by atoms with Gasteiger partial charge in [0.05, 0.1) is 24.3 Å². The lowest BCUT2D eigenvalue weighted by Gasteiger charge is -2.37. The Balaban J connectivity index is 2.24. The van der Waals surface area contributed by atoms with E-state index in [1.165, 1.54) is 12.1 Å². The van der Waals surface area contributed by atoms with Crippen molar-refractivity contribution in [1.82, 2.24) is 4.90 Å². The van der Waals surface area contributed by atoms with E-state index in [-0.39, 0.29) is 23.6 Å². The Hall–Kier alpha value is -0.460. The Bertz CT molecular complexity index is 484. The Morgan fingerprint density at radius 2 is 2.32 bits per heavy atom. The lowest BCUT2D eigenvalue weighted by Crippen LogP contribution is -2.51. The summed E-state index contributed by atoms with van der Waals surface area (Å²) < 4.78 is 20.0. The van der Waals surface area contributed by atoms with E-state index in [2.05, 4.69) is 31.9 Å². The monoisotopic (exact) mass is 393 g/mol. The molecule has 1 heterocycles. The summed E-state index contributed by atoms with van der Waals surface area (Å²) in [5, 5.41) is 0.657. The standard InChI is InChI=1S/C13H14Br2FNO2/c1-8-7-19-10(5-14)6-17(8)13(18)11-4-9(15)2-3-12(11)16/h2-4,8,10H,5-7H2,1H3. The maximum absolute atomic E-state index is 13.8. The van der Waals surface area contributed by atoms with Crippen molar-refractivity contribution < 1.29 is 13.9 Å². The van der Waals surface area contributed by atoms with Crippen molar-refractivity contribution in [3.63, 3.8) is 0 Å². The topological polar surface area (TPSA) is 29.5 Å². The van der Waals surface area contributed by atoms with Crippen LogP contribution in [0, 0.1) is 5.82 Å². The first-order valence-electron chi connectivity index (χ1n) is 5.96. The van der Waals surface area contributed by atoms with Crippen LogP contribution in [0.5, 0.6) is 0 Å². The third-order valence-corrected chi connectivity index (χ3v) is 4.31. The van der Waals surface area contributed by atoms with Gasteiger partial charge in [-0.05, 0) is 25.1 Å². The molecule has 2 unspecified atom stereocenters. The minimum Gasteiger partial charge on any atom is -0.373 e. The fraction of sp³-hybridized carbons (Fsp3) is 0.462. The van der Waals surface area contributed by atoms with Gasteiger partial charge in [-0.25, -0.2) is 4.39 Å². The van der Waals surface area contributed by atoms with Crippen molar-refractivity contribution in [2.75, 3.05) is 18.5 Å². The van der Waals surface area contributed by atoms with Crippen molar-refractivity contribution in [3.05, 3.63) is 34.1 Å². The van der Waals surface area contributed by atoms with Crippen LogP contribution in [-0.4, -0.2) is 41.4 Å². The maximum Gasteiger partial charge on any atom is 0.257 e. The van der Waals surface area contributed by atoms with E-state index in [9.17, 15) is 9.18 Å². The SMILES string of the molecule is CC1COC(CBr)CN1C(=O)c1cc(Br)ccc1F. The Labute approximate surface area is 128 Å². The third-order valence-electron chi connectivity index (χ3n) is 3.10. The highest BCUT2D eigenvalue weighted by atomic mass is 79.9. The molecule has 1 aromatic carbocycles. The molecular weight excluding hydrogens is 381 g/mol. The molecule has 1 aliphatic rings. The van der Waals surface area contributed by atoms with Gasteiger partial charge in [0, 0.05) is 16.3 Å². The number of hydrogen-bond acceptors (Lipinski definition) is 2. The molecule has 0 spiro atoms. The van der Waals surface area contributed by atoms with E-state index in [1.807, 2.05) is 6.92 Å². The number of carbonyl (C=O) groups is 1. The van der Waals surface area contributed by atoms with Gasteiger partial charge in [0.25, 0.3) is 5.91 Å². The van der Waals surface area contributed by atoms with E-state index in [1.54, 1.807) is 11.0 Å². The third kappa shape index (κ3) is 3.35. The summed E-state index contributed by atoms with van der Waals surface area (Å²) in [5.41, 5.74) is 0.0939. The molecule has 1 aliphatic heterocycles. The number of benzene rings is 1. The average molecular weight is 395 g/mol. The molecule has 2 rings (SSSR count). The van der Waals surface area contributed by atoms with Crippen LogP contribution < -0.4 is 0 Å². The second kappa shape index (κ2) is 6.33. The van der Waals surface area contributed by atoms with E-state index in [0.29, 0.717) is 23.0 Å². The molecule has 1 amide bonds. The van der Waals surface area contributed by atoms with Crippen molar-refractivity contribution in [1.29, 1.82) is 0 Å². The molecular formula is C13H14Br2FNO2. The number of hydrogen-bond donors (Lipinski definition) is 0. The molecule has 0 aromatic heterocycles. The minimum absolute atomic E-state index is 0.0460. The van der Waals surface area contributed by atoms with Gasteiger partial charge < -0.3 is 9.64 Å². The van der Waals surface area contributed by atoms with Crippen molar-refractivity contribution in [2.45, 2.75) is 19.1 Å². The summed E-state index contributed by atoms with van der Waals surface area (Å²) in [5.74, 6) is -0.789. The van der Waals surface area contributed by atoms with Gasteiger partial charge in [0.15, 0.2) is 0 Å². The summed E-state index contributed by atoms with van der Waals surface area (Å²) >= 11 is 6.60. The van der Waals surface area contributed by atoms with Gasteiger partial charge in [0.1, 0.15) is 5.82 Å². The number of morpholine rings is 1. The molecule has 0 bridgehead atoms. The number of amides is 1. The number of ether oxygens (including phenoxy) is 1. The van der Waals surface area contributed by atoms with Crippen molar-refractivity contribution in [2.24, 2.45) is 0 Å². The Kier molecular flexibility index (Phi) is 4.97. The van der Waals surface area contributed by atoms with Crippen LogP contribution in [0.15, 0.2) is 22.7 Å². The summed E-state index contributed by atoms with van der Waals surface area (Å²) in [6.45, 7) is 2.84. The number of halogens is 3. The minimum atomic E-state index is -0.498. The van der Waals surface area contributed by atoms with Gasteiger partial charge >= 0.3 is 0 Å². The Morgan fingerprint density at radius 1 is 1.58 bits per heavy atom. The quantitative estimate of drug-likeness (QED) is 0.721. The maximum atomic E-state index is 13.8. The van der Waals surface area contributed by atoms with Gasteiger partial charge in [-0.15, -0.1) is 0 Å². The van der Waals surface area contributed by atoms with Crippen LogP contribution in [0.4, 0.5) is 4.39 Å². The molecule has 1 saturated heterocycles. The number of alkyl halides is 1. The van der Waals surface area contributed by atoms with Crippen molar-refractivity contribution >= 4 is 37.8 Å². The number of carbonyl (C=O) groups excluding carboxylic acids is 1. The zero-order valence-electron chi connectivity index (χ0n) is 10.4. The molecule has 0 radical (unpaired) electrons. The largest absolute Gasteiger partial charge is 0.373 e. The fourth-order valence-electron chi connectivity index (χ4n) is 2.01. The first-order valence-corrected chi connectivity index (χ1v) is 7.88. The zero-order chi connectivity index (χ0) is 14.0. The number of rotatable bonds is 2. The molecule has 0 saturated carbocycles. The molecule has 6 heteroatoms. The van der Waals surface area contributed by atoms with Crippen LogP contribution in [0.3, 0.4) is 0 Å². The number of nitrogens with zero attached hydrogens (tertiary/aromatic N) is 1. The molecule has 104 valence electrons. The van der Waals surface area contributed by atoms with Crippen LogP contribution in [0.25, 0.3) is 0 Å². The predicted octanol–water partition coefficient (Wildman–Crippen LogP) is 3.21. The van der Waals surface area contributed by atoms with E-state index >= 15 is 0 Å². The molecule has 19 heavy (non-hydrogen) atoms. The summed E-state index contributed by atoms with van der Waals surface area (Å²) in [4.78, 5) is 14.1. The van der Waals surface area contributed by atoms with E-state index in [4.69, 9.17) is 4.74 Å². The highest BCUT2D eigenvalue weighted by Gasteiger charge is 2.30. The Morgan fingerprint density at radius 3 is 3.00 bits per heavy atom. The van der Waals surface area contributed by atoms with Gasteiger partial charge in [-0.3, -0.25) is 4.79 Å². The van der Waals surface area contributed by atoms with Crippen LogP contribution >= 0.6 is 31.9 Å². The molecule has 3 nitrogen and oxygen atoms in total. The summed E-state index contributed by atoms with van der Waals surface area (Å²) in [6.07, 6.45) is -0.0460. The molecule has 0 N–H and O–H groups in total. The van der Waals surface area contributed by atoms with E-state index < -0.39 is 5.82 Å². The normalized spacial score (nSPS) is 23.5. The average Bonchev–Trinajstić information content (AvgIpc) is 2.41. The molecule has 2 atom stereocenters. The second-order valence-electron chi connectivity index (χ2n) is 4.54. The molecule has 0 aliphatic carbocycles. The first-order chi connectivity index (χ1) is 9.02. The lowest BCUT2D eigenvalue weighted by atomic mass is 10.1. The smallest absolute Gasteiger partial charge is 0.257 e. The van der Waals surface area contributed by atoms with E-state index in [0.717, 1.165) is 0 Å². The van der Waals surface area contributed by atoms with Gasteiger partial charge in [0.2, 0.25) is 0 Å². The summed E-state index contributed by atoms with van der Waals surface area (Å²) in [6, 6.07) is 4.34. The second-order valence-corrected chi connectivity index (χ2v) is 6.10. The molecule has 1 fully saturated rings. The predicted molar refractivity (Wildman–Crippen MR) is 78.1 cm³/mol. The zero-order valence-corrected chi connectivity index (χ0v) is 13.6. The highest BCUT2D eigenvalue weighted by molar-refractivity contribution is 9.10. The fourth-order valence-corrected chi connectivity index (χ4v) is 2.76. The van der Waals surface area contributed by atoms with Gasteiger partial charge in [-0.2, -0.15) is 0 Å². The lowest BCUT2D eigenvalue weighted by molar-refractivity contribution is -0.0363. The van der Waals surface area contributed by atoms with Crippen molar-refractivity contribution in [3.8, 4) is 0 Å². The van der Waals surface area contributed by atoms with Crippen LogP contribution in [0.2, 0.25) is 0 Å². The van der Waals surface area contributed by atoms with Gasteiger partial charge in [-0.1, -0.05) is 31.9 Å². The highest BCUT2D eigenvalue weighted by Crippen LogP contribution is 2.21. The first kappa shape index (κ1) is 14.9. The summed E-state index contributed by atoms with van der Waals surface area (Å²) in [7, 11) is 0. The van der Waals surface area contributed by atoms with Crippen LogP contribution in [-0.2, 0) is 4.74 Å². The van der Waals surface area contributed by atoms with Crippen LogP contribution in [0.1, 0.15) is 17.3 Å².